The van der Waals surface area contributed by atoms with Gasteiger partial charge in [-0.05, 0) is 24.6 Å². The number of hydrogen-bond donors (Lipinski definition) is 0. The molecule has 0 unspecified atom stereocenters. The fourth-order valence-electron chi connectivity index (χ4n) is 2.92. The zero-order chi connectivity index (χ0) is 18.0. The third-order valence-electron chi connectivity index (χ3n) is 4.33. The van der Waals surface area contributed by atoms with E-state index in [4.69, 9.17) is 9.47 Å². The van der Waals surface area contributed by atoms with E-state index in [1.807, 2.05) is 18.2 Å². The van der Waals surface area contributed by atoms with Crippen molar-refractivity contribution in [3.8, 4) is 11.5 Å². The number of hydrogen-bond acceptors (Lipinski definition) is 5. The monoisotopic (exact) mass is 356 g/mol. The molecule has 1 fully saturated rings. The first-order valence-corrected chi connectivity index (χ1v) is 7.98. The Bertz CT molecular complexity index is 680. The number of carbonyl (C=O) groups is 1. The summed E-state index contributed by atoms with van der Waals surface area (Å²) in [5, 5.41) is 0. The number of nitrogens with zero attached hydrogens (tertiary/aromatic N) is 2. The summed E-state index contributed by atoms with van der Waals surface area (Å²) in [5.74, 6) is -0.336. The molecule has 0 aromatic heterocycles. The van der Waals surface area contributed by atoms with Gasteiger partial charge >= 0.3 is 6.18 Å². The van der Waals surface area contributed by atoms with Crippen molar-refractivity contribution in [2.45, 2.75) is 19.6 Å². The minimum absolute atomic E-state index is 0.236. The topological polar surface area (TPSA) is 42.0 Å². The second kappa shape index (κ2) is 6.95. The molecule has 136 valence electrons. The molecule has 25 heavy (non-hydrogen) atoms. The summed E-state index contributed by atoms with van der Waals surface area (Å²) in [4.78, 5) is 15.1. The predicted octanol–water partition coefficient (Wildman–Crippen LogP) is 2.57. The third kappa shape index (κ3) is 4.25. The van der Waals surface area contributed by atoms with Gasteiger partial charge in [0.1, 0.15) is 0 Å². The Labute approximate surface area is 143 Å². The molecular weight excluding hydrogens is 337 g/mol. The molecule has 0 atom stereocenters. The van der Waals surface area contributed by atoms with Crippen molar-refractivity contribution >= 4 is 5.78 Å². The standard InChI is InChI=1S/C17H19F3N2O3/c1-12(8-16(23)17(18,19)20)22-6-4-21(5-7-22)10-13-2-3-14-15(9-13)25-11-24-14/h2-3,8-9H,4-7,10-11H2,1H3. The maximum absolute atomic E-state index is 12.3. The largest absolute Gasteiger partial charge is 0.454 e. The van der Waals surface area contributed by atoms with Gasteiger partial charge in [-0.25, -0.2) is 0 Å². The Morgan fingerprint density at radius 1 is 1.16 bits per heavy atom. The molecule has 8 heteroatoms. The summed E-state index contributed by atoms with van der Waals surface area (Å²) in [6.07, 6.45) is -4.14. The van der Waals surface area contributed by atoms with Gasteiger partial charge in [0.25, 0.3) is 5.78 Å². The van der Waals surface area contributed by atoms with Crippen molar-refractivity contribution in [3.63, 3.8) is 0 Å². The minimum Gasteiger partial charge on any atom is -0.454 e. The van der Waals surface area contributed by atoms with E-state index in [0.29, 0.717) is 38.0 Å². The number of allylic oxidation sites excluding steroid dienone is 2. The molecule has 2 heterocycles. The summed E-state index contributed by atoms with van der Waals surface area (Å²) in [5.41, 5.74) is 1.45. The van der Waals surface area contributed by atoms with Crippen LogP contribution in [0.25, 0.3) is 0 Å². The SMILES string of the molecule is CC(=CC(=O)C(F)(F)F)N1CCN(Cc2ccc3c(c2)OCO3)CC1. The van der Waals surface area contributed by atoms with Crippen molar-refractivity contribution in [2.24, 2.45) is 0 Å². The highest BCUT2D eigenvalue weighted by atomic mass is 19.4. The Morgan fingerprint density at radius 3 is 2.52 bits per heavy atom. The highest BCUT2D eigenvalue weighted by Gasteiger charge is 2.37. The number of halogens is 3. The average Bonchev–Trinajstić information content (AvgIpc) is 3.02. The maximum atomic E-state index is 12.3. The van der Waals surface area contributed by atoms with Gasteiger partial charge in [0, 0.05) is 44.5 Å². The van der Waals surface area contributed by atoms with Crippen LogP contribution in [0.1, 0.15) is 12.5 Å². The number of benzene rings is 1. The van der Waals surface area contributed by atoms with Crippen LogP contribution in [0, 0.1) is 0 Å². The van der Waals surface area contributed by atoms with Crippen LogP contribution in [0.5, 0.6) is 11.5 Å². The number of piperazine rings is 1. The molecule has 0 saturated carbocycles. The molecule has 0 amide bonds. The van der Waals surface area contributed by atoms with Crippen LogP contribution in [-0.2, 0) is 11.3 Å². The quantitative estimate of drug-likeness (QED) is 0.776. The van der Waals surface area contributed by atoms with Gasteiger partial charge in [0.2, 0.25) is 6.79 Å². The number of ketones is 1. The van der Waals surface area contributed by atoms with Gasteiger partial charge in [0.15, 0.2) is 11.5 Å². The van der Waals surface area contributed by atoms with Crippen LogP contribution in [0.15, 0.2) is 30.0 Å². The molecule has 2 aliphatic rings. The zero-order valence-electron chi connectivity index (χ0n) is 13.8. The molecule has 0 N–H and O–H groups in total. The maximum Gasteiger partial charge on any atom is 0.454 e. The molecule has 1 saturated heterocycles. The summed E-state index contributed by atoms with van der Waals surface area (Å²) >= 11 is 0. The second-order valence-corrected chi connectivity index (χ2v) is 6.10. The fraction of sp³-hybridized carbons (Fsp3) is 0.471. The smallest absolute Gasteiger partial charge is 0.454 e. The summed E-state index contributed by atoms with van der Waals surface area (Å²) in [6, 6.07) is 5.80. The second-order valence-electron chi connectivity index (χ2n) is 6.10. The highest BCUT2D eigenvalue weighted by Crippen LogP contribution is 2.32. The van der Waals surface area contributed by atoms with Crippen LogP contribution in [0.4, 0.5) is 13.2 Å². The Hall–Kier alpha value is -2.22. The lowest BCUT2D eigenvalue weighted by molar-refractivity contribution is -0.165. The summed E-state index contributed by atoms with van der Waals surface area (Å²) in [6.45, 7) is 5.08. The minimum atomic E-state index is -4.82. The normalized spacial score (nSPS) is 18.6. The molecule has 1 aromatic rings. The first-order chi connectivity index (χ1) is 11.8. The van der Waals surface area contributed by atoms with E-state index in [2.05, 4.69) is 4.90 Å². The first kappa shape index (κ1) is 17.6. The van der Waals surface area contributed by atoms with E-state index in [1.54, 1.807) is 4.90 Å². The number of alkyl halides is 3. The Balaban J connectivity index is 1.53. The fourth-order valence-corrected chi connectivity index (χ4v) is 2.92. The van der Waals surface area contributed by atoms with Gasteiger partial charge in [-0.2, -0.15) is 13.2 Å². The number of carbonyl (C=O) groups excluding carboxylic acids is 1. The third-order valence-corrected chi connectivity index (χ3v) is 4.33. The van der Waals surface area contributed by atoms with Crippen molar-refractivity contribution in [3.05, 3.63) is 35.5 Å². The summed E-state index contributed by atoms with van der Waals surface area (Å²) < 4.78 is 47.7. The highest BCUT2D eigenvalue weighted by molar-refractivity contribution is 5.94. The van der Waals surface area contributed by atoms with E-state index < -0.39 is 12.0 Å². The first-order valence-electron chi connectivity index (χ1n) is 7.98. The van der Waals surface area contributed by atoms with Crippen molar-refractivity contribution in [1.29, 1.82) is 0 Å². The number of rotatable bonds is 4. The zero-order valence-corrected chi connectivity index (χ0v) is 13.8. The number of fused-ring (bicyclic) bond motifs is 1. The van der Waals surface area contributed by atoms with E-state index in [9.17, 15) is 18.0 Å². The Kier molecular flexibility index (Phi) is 4.89. The van der Waals surface area contributed by atoms with Gasteiger partial charge < -0.3 is 14.4 Å². The Morgan fingerprint density at radius 2 is 1.84 bits per heavy atom. The predicted molar refractivity (Wildman–Crippen MR) is 84.2 cm³/mol. The van der Waals surface area contributed by atoms with E-state index in [-0.39, 0.29) is 6.79 Å². The van der Waals surface area contributed by atoms with E-state index in [0.717, 1.165) is 23.6 Å². The van der Waals surface area contributed by atoms with E-state index >= 15 is 0 Å². The molecule has 0 bridgehead atoms. The summed E-state index contributed by atoms with van der Waals surface area (Å²) in [7, 11) is 0. The lowest BCUT2D eigenvalue weighted by Gasteiger charge is -2.36. The molecule has 0 radical (unpaired) electrons. The molecular formula is C17H19F3N2O3. The molecule has 3 rings (SSSR count). The van der Waals surface area contributed by atoms with Crippen molar-refractivity contribution in [1.82, 2.24) is 9.80 Å². The van der Waals surface area contributed by atoms with Gasteiger partial charge in [-0.1, -0.05) is 6.07 Å². The lowest BCUT2D eigenvalue weighted by Crippen LogP contribution is -2.45. The molecule has 0 aliphatic carbocycles. The van der Waals surface area contributed by atoms with Crippen LogP contribution >= 0.6 is 0 Å². The van der Waals surface area contributed by atoms with E-state index in [1.165, 1.54) is 6.92 Å². The van der Waals surface area contributed by atoms with Crippen LogP contribution in [0.3, 0.4) is 0 Å². The van der Waals surface area contributed by atoms with Crippen molar-refractivity contribution < 1.29 is 27.4 Å². The molecule has 2 aliphatic heterocycles. The average molecular weight is 356 g/mol. The van der Waals surface area contributed by atoms with Gasteiger partial charge in [-0.3, -0.25) is 9.69 Å². The molecule has 1 aromatic carbocycles. The lowest BCUT2D eigenvalue weighted by atomic mass is 10.1. The van der Waals surface area contributed by atoms with Crippen LogP contribution in [-0.4, -0.2) is 54.7 Å². The number of ether oxygens (including phenoxy) is 2. The van der Waals surface area contributed by atoms with Crippen LogP contribution < -0.4 is 9.47 Å². The van der Waals surface area contributed by atoms with Gasteiger partial charge in [-0.15, -0.1) is 0 Å². The van der Waals surface area contributed by atoms with Crippen molar-refractivity contribution in [2.75, 3.05) is 33.0 Å². The molecule has 5 nitrogen and oxygen atoms in total. The molecule has 0 spiro atoms. The van der Waals surface area contributed by atoms with Crippen LogP contribution in [0.2, 0.25) is 0 Å². The van der Waals surface area contributed by atoms with Gasteiger partial charge in [0.05, 0.1) is 0 Å².